The van der Waals surface area contributed by atoms with E-state index < -0.39 is 16.0 Å². The van der Waals surface area contributed by atoms with E-state index in [-0.39, 0.29) is 22.1 Å². The van der Waals surface area contributed by atoms with Gasteiger partial charge in [-0.3, -0.25) is 0 Å². The number of rotatable bonds is 6. The van der Waals surface area contributed by atoms with Gasteiger partial charge in [0.25, 0.3) is 0 Å². The Morgan fingerprint density at radius 3 is 2.52 bits per heavy atom. The van der Waals surface area contributed by atoms with Crippen LogP contribution in [-0.2, 0) is 14.8 Å². The fraction of sp³-hybridized carbons (Fsp3) is 0.500. The normalized spacial score (nSPS) is 11.7. The lowest BCUT2D eigenvalue weighted by molar-refractivity contribution is 0.0494. The molecule has 21 heavy (non-hydrogen) atoms. The number of sulfonamides is 1. The smallest absolute Gasteiger partial charge is 0.338 e. The Balaban J connectivity index is 2.89. The molecule has 2 N–H and O–H groups in total. The Bertz CT molecular complexity index is 626. The summed E-state index contributed by atoms with van der Waals surface area (Å²) in [6.45, 7) is 5.98. The summed E-state index contributed by atoms with van der Waals surface area (Å²) in [7, 11) is -3.94. The average molecular weight is 334 g/mol. The van der Waals surface area contributed by atoms with E-state index in [1.807, 2.05) is 0 Å². The molecule has 7 heteroatoms. The number of ether oxygens (including phenoxy) is 1. The summed E-state index contributed by atoms with van der Waals surface area (Å²) in [5.74, 6) is -0.0722. The first-order valence-corrected chi connectivity index (χ1v) is 8.55. The number of halogens is 1. The second-order valence-electron chi connectivity index (χ2n) is 5.30. The molecule has 0 unspecified atom stereocenters. The van der Waals surface area contributed by atoms with Crippen molar-refractivity contribution in [1.29, 1.82) is 0 Å². The van der Waals surface area contributed by atoms with Gasteiger partial charge in [-0.25, -0.2) is 18.4 Å². The molecule has 0 radical (unpaired) electrons. The molecule has 0 aromatic heterocycles. The van der Waals surface area contributed by atoms with Gasteiger partial charge in [-0.05, 0) is 43.4 Å². The molecule has 1 aromatic carbocycles. The fourth-order valence-electron chi connectivity index (χ4n) is 1.81. The Labute approximate surface area is 130 Å². The van der Waals surface area contributed by atoms with Crippen LogP contribution >= 0.6 is 11.6 Å². The van der Waals surface area contributed by atoms with E-state index >= 15 is 0 Å². The summed E-state index contributed by atoms with van der Waals surface area (Å²) < 4.78 is 28.1. The predicted molar refractivity (Wildman–Crippen MR) is 81.9 cm³/mol. The van der Waals surface area contributed by atoms with Crippen LogP contribution < -0.4 is 5.14 Å². The van der Waals surface area contributed by atoms with Crippen LogP contribution in [0, 0.1) is 12.8 Å². The average Bonchev–Trinajstić information content (AvgIpc) is 2.35. The molecule has 1 aromatic rings. The van der Waals surface area contributed by atoms with Crippen molar-refractivity contribution in [2.45, 2.75) is 38.5 Å². The van der Waals surface area contributed by atoms with Crippen LogP contribution in [0.2, 0.25) is 5.02 Å². The summed E-state index contributed by atoms with van der Waals surface area (Å²) in [6, 6.07) is 2.58. The third-order valence-corrected chi connectivity index (χ3v) is 4.43. The highest BCUT2D eigenvalue weighted by molar-refractivity contribution is 7.89. The van der Waals surface area contributed by atoms with Crippen LogP contribution in [0.3, 0.4) is 0 Å². The van der Waals surface area contributed by atoms with E-state index in [4.69, 9.17) is 21.5 Å². The number of nitrogens with two attached hydrogens (primary N) is 1. The van der Waals surface area contributed by atoms with Crippen molar-refractivity contribution in [3.63, 3.8) is 0 Å². The van der Waals surface area contributed by atoms with Crippen LogP contribution in [-0.4, -0.2) is 21.0 Å². The van der Waals surface area contributed by atoms with E-state index in [1.165, 1.54) is 19.1 Å². The topological polar surface area (TPSA) is 86.5 Å². The third-order valence-electron chi connectivity index (χ3n) is 3.00. The van der Waals surface area contributed by atoms with Crippen LogP contribution in [0.15, 0.2) is 17.0 Å². The van der Waals surface area contributed by atoms with E-state index in [1.54, 1.807) is 0 Å². The highest BCUT2D eigenvalue weighted by atomic mass is 35.5. The maximum Gasteiger partial charge on any atom is 0.338 e. The minimum atomic E-state index is -3.94. The fourth-order valence-corrected chi connectivity index (χ4v) is 2.91. The first kappa shape index (κ1) is 17.9. The zero-order valence-electron chi connectivity index (χ0n) is 12.3. The van der Waals surface area contributed by atoms with Crippen LogP contribution in [0.25, 0.3) is 0 Å². The molecule has 0 aliphatic heterocycles. The number of hydrogen-bond acceptors (Lipinski definition) is 4. The standard InChI is InChI=1S/C14H20ClNO4S/c1-9(2)5-4-6-20-14(17)11-7-12(15)10(3)13(8-11)21(16,18)19/h7-9H,4-6H2,1-3H3,(H2,16,18,19). The lowest BCUT2D eigenvalue weighted by atomic mass is 10.1. The van der Waals surface area contributed by atoms with Gasteiger partial charge in [0.05, 0.1) is 17.1 Å². The number of hydrogen-bond donors (Lipinski definition) is 1. The predicted octanol–water partition coefficient (Wildman–Crippen LogP) is 2.89. The molecule has 0 atom stereocenters. The van der Waals surface area contributed by atoms with E-state index in [0.717, 1.165) is 12.8 Å². The van der Waals surface area contributed by atoms with Gasteiger partial charge in [-0.15, -0.1) is 0 Å². The molecular formula is C14H20ClNO4S. The molecule has 118 valence electrons. The Kier molecular flexibility index (Phi) is 6.19. The number of carbonyl (C=O) groups excluding carboxylic acids is 1. The molecule has 0 saturated heterocycles. The summed E-state index contributed by atoms with van der Waals surface area (Å²) in [4.78, 5) is 11.8. The lowest BCUT2D eigenvalue weighted by Crippen LogP contribution is -2.16. The van der Waals surface area contributed by atoms with Gasteiger partial charge in [0.1, 0.15) is 0 Å². The van der Waals surface area contributed by atoms with Crippen molar-refractivity contribution in [2.75, 3.05) is 6.61 Å². The molecule has 0 heterocycles. The Hall–Kier alpha value is -1.11. The minimum absolute atomic E-state index is 0.0826. The molecule has 0 saturated carbocycles. The SMILES string of the molecule is Cc1c(Cl)cc(C(=O)OCCCC(C)C)cc1S(N)(=O)=O. The van der Waals surface area contributed by atoms with E-state index in [9.17, 15) is 13.2 Å². The Morgan fingerprint density at radius 2 is 2.00 bits per heavy atom. The zero-order chi connectivity index (χ0) is 16.2. The first-order valence-electron chi connectivity index (χ1n) is 6.63. The Morgan fingerprint density at radius 1 is 1.38 bits per heavy atom. The highest BCUT2D eigenvalue weighted by Gasteiger charge is 2.19. The van der Waals surface area contributed by atoms with Gasteiger partial charge in [-0.1, -0.05) is 25.4 Å². The van der Waals surface area contributed by atoms with Gasteiger partial charge >= 0.3 is 5.97 Å². The van der Waals surface area contributed by atoms with Crippen molar-refractivity contribution >= 4 is 27.6 Å². The first-order chi connectivity index (χ1) is 9.62. The number of carbonyl (C=O) groups is 1. The molecule has 1 rings (SSSR count). The largest absolute Gasteiger partial charge is 0.462 e. The van der Waals surface area contributed by atoms with Crippen molar-refractivity contribution in [2.24, 2.45) is 11.1 Å². The van der Waals surface area contributed by atoms with Crippen molar-refractivity contribution in [1.82, 2.24) is 0 Å². The molecule has 0 bridgehead atoms. The third kappa shape index (κ3) is 5.30. The van der Waals surface area contributed by atoms with Gasteiger partial charge in [0, 0.05) is 5.02 Å². The van der Waals surface area contributed by atoms with Crippen molar-refractivity contribution < 1.29 is 17.9 Å². The number of benzene rings is 1. The summed E-state index contributed by atoms with van der Waals surface area (Å²) in [6.07, 6.45) is 1.70. The van der Waals surface area contributed by atoms with Crippen LogP contribution in [0.4, 0.5) is 0 Å². The van der Waals surface area contributed by atoms with Crippen LogP contribution in [0.1, 0.15) is 42.6 Å². The van der Waals surface area contributed by atoms with Crippen molar-refractivity contribution in [3.05, 3.63) is 28.3 Å². The number of esters is 1. The van der Waals surface area contributed by atoms with Gasteiger partial charge in [0.2, 0.25) is 10.0 Å². The molecule has 0 aliphatic rings. The molecular weight excluding hydrogens is 314 g/mol. The van der Waals surface area contributed by atoms with Crippen molar-refractivity contribution in [3.8, 4) is 0 Å². The quantitative estimate of drug-likeness (QED) is 0.640. The maximum atomic E-state index is 11.9. The molecule has 0 aliphatic carbocycles. The minimum Gasteiger partial charge on any atom is -0.462 e. The van der Waals surface area contributed by atoms with Gasteiger partial charge in [-0.2, -0.15) is 0 Å². The monoisotopic (exact) mass is 333 g/mol. The molecule has 0 spiro atoms. The lowest BCUT2D eigenvalue weighted by Gasteiger charge is -2.10. The molecule has 0 fully saturated rings. The number of primary sulfonamides is 1. The summed E-state index contributed by atoms with van der Waals surface area (Å²) in [5, 5.41) is 5.27. The zero-order valence-corrected chi connectivity index (χ0v) is 13.9. The van der Waals surface area contributed by atoms with E-state index in [2.05, 4.69) is 13.8 Å². The maximum absolute atomic E-state index is 11.9. The van der Waals surface area contributed by atoms with Gasteiger partial charge in [0.15, 0.2) is 0 Å². The molecule has 0 amide bonds. The second kappa shape index (κ2) is 7.24. The second-order valence-corrected chi connectivity index (χ2v) is 7.24. The highest BCUT2D eigenvalue weighted by Crippen LogP contribution is 2.25. The molecule has 5 nitrogen and oxygen atoms in total. The van der Waals surface area contributed by atoms with E-state index in [0.29, 0.717) is 11.5 Å². The summed E-state index contributed by atoms with van der Waals surface area (Å²) >= 11 is 5.94. The van der Waals surface area contributed by atoms with Gasteiger partial charge < -0.3 is 4.74 Å². The summed E-state index contributed by atoms with van der Waals surface area (Å²) in [5.41, 5.74) is 0.398. The van der Waals surface area contributed by atoms with Crippen LogP contribution in [0.5, 0.6) is 0 Å².